The minimum absolute atomic E-state index is 0.0727. The number of H-pyrrole nitrogens is 1. The molecule has 1 aliphatic carbocycles. The monoisotopic (exact) mass is 457 g/mol. The van der Waals surface area contributed by atoms with E-state index in [2.05, 4.69) is 50.3 Å². The van der Waals surface area contributed by atoms with Gasteiger partial charge in [0.05, 0.1) is 24.6 Å². The molecule has 0 bridgehead atoms. The predicted octanol–water partition coefficient (Wildman–Crippen LogP) is 4.33. The summed E-state index contributed by atoms with van der Waals surface area (Å²) in [6, 6.07) is 7.75. The van der Waals surface area contributed by atoms with Crippen molar-refractivity contribution in [3.63, 3.8) is 0 Å². The smallest absolute Gasteiger partial charge is 0.381 e. The third-order valence-corrected chi connectivity index (χ3v) is 7.49. The molecular formula is C24H26F3N5O. The number of nitrogens with one attached hydrogen (secondary N) is 2. The molecule has 3 aromatic rings. The molecule has 0 saturated carbocycles. The van der Waals surface area contributed by atoms with E-state index < -0.39 is 11.9 Å². The number of aromatic nitrogens is 3. The molecule has 0 amide bonds. The Kier molecular flexibility index (Phi) is 4.88. The predicted molar refractivity (Wildman–Crippen MR) is 118 cm³/mol. The first-order valence-corrected chi connectivity index (χ1v) is 11.5. The van der Waals surface area contributed by atoms with Gasteiger partial charge in [0.15, 0.2) is 0 Å². The third kappa shape index (κ3) is 3.67. The Bertz CT molecular complexity index is 1180. The molecule has 0 spiro atoms. The number of likely N-dealkylation sites (tertiary alicyclic amines) is 1. The van der Waals surface area contributed by atoms with Crippen LogP contribution in [0.1, 0.15) is 34.8 Å². The number of rotatable bonds is 3. The van der Waals surface area contributed by atoms with Crippen LogP contribution < -0.4 is 5.32 Å². The Hall–Kier alpha value is -2.65. The van der Waals surface area contributed by atoms with E-state index in [0.29, 0.717) is 23.0 Å². The van der Waals surface area contributed by atoms with Crippen molar-refractivity contribution in [2.75, 3.05) is 31.6 Å². The van der Waals surface area contributed by atoms with Gasteiger partial charge in [0, 0.05) is 31.0 Å². The van der Waals surface area contributed by atoms with E-state index in [1.54, 1.807) is 0 Å². The van der Waals surface area contributed by atoms with Gasteiger partial charge in [-0.05, 0) is 37.0 Å². The summed E-state index contributed by atoms with van der Waals surface area (Å²) in [6.07, 6.45) is -1.18. The van der Waals surface area contributed by atoms with Gasteiger partial charge in [0.1, 0.15) is 23.5 Å². The summed E-state index contributed by atoms with van der Waals surface area (Å²) in [6.45, 7) is 5.71. The highest BCUT2D eigenvalue weighted by Crippen LogP contribution is 2.41. The maximum atomic E-state index is 13.3. The van der Waals surface area contributed by atoms with Crippen molar-refractivity contribution in [2.45, 2.75) is 38.0 Å². The first-order chi connectivity index (χ1) is 15.9. The van der Waals surface area contributed by atoms with Crippen molar-refractivity contribution in [1.29, 1.82) is 0 Å². The van der Waals surface area contributed by atoms with Gasteiger partial charge < -0.3 is 15.0 Å². The van der Waals surface area contributed by atoms with E-state index in [9.17, 15) is 13.2 Å². The van der Waals surface area contributed by atoms with Crippen LogP contribution in [0, 0.1) is 18.8 Å². The van der Waals surface area contributed by atoms with Gasteiger partial charge in [-0.15, -0.1) is 0 Å². The molecule has 6 nitrogen and oxygen atoms in total. The summed E-state index contributed by atoms with van der Waals surface area (Å²) in [7, 11) is 0. The van der Waals surface area contributed by atoms with Gasteiger partial charge in [0.25, 0.3) is 0 Å². The van der Waals surface area contributed by atoms with E-state index in [1.165, 1.54) is 23.0 Å². The van der Waals surface area contributed by atoms with Crippen LogP contribution >= 0.6 is 0 Å². The summed E-state index contributed by atoms with van der Waals surface area (Å²) in [5.41, 5.74) is 3.07. The fraction of sp³-hybridized carbons (Fsp3) is 0.500. The van der Waals surface area contributed by atoms with Crippen molar-refractivity contribution in [1.82, 2.24) is 19.9 Å². The molecule has 6 rings (SSSR count). The topological polar surface area (TPSA) is 66.1 Å². The van der Waals surface area contributed by atoms with Crippen molar-refractivity contribution >= 4 is 16.9 Å². The number of alkyl halides is 3. The average molecular weight is 458 g/mol. The summed E-state index contributed by atoms with van der Waals surface area (Å²) in [5, 5.41) is 3.90. The third-order valence-electron chi connectivity index (χ3n) is 7.49. The van der Waals surface area contributed by atoms with Gasteiger partial charge in [-0.25, -0.2) is 9.97 Å². The standard InChI is InChI=1S/C24H26F3N5O/c1-13-2-4-17-14(6-13)3-5-19(32-8-15-10-33-11-16(15)9-32)21(17)31-23-18-7-20(24(25,26)27)30-22(18)28-12-29-23/h2,4,6-7,12,15-16,19,21H,3,5,8-11H2,1H3,(H2,28,29,30,31)/t15-,16+,19-,21-/m1/s1. The van der Waals surface area contributed by atoms with E-state index in [4.69, 9.17) is 4.74 Å². The Morgan fingerprint density at radius 2 is 1.91 bits per heavy atom. The lowest BCUT2D eigenvalue weighted by molar-refractivity contribution is -0.140. The van der Waals surface area contributed by atoms with Crippen LogP contribution in [0.25, 0.3) is 11.0 Å². The Labute approximate surface area is 189 Å². The molecule has 3 aliphatic rings. The lowest BCUT2D eigenvalue weighted by atomic mass is 9.82. The quantitative estimate of drug-likeness (QED) is 0.613. The van der Waals surface area contributed by atoms with Crippen LogP contribution in [0.3, 0.4) is 0 Å². The number of fused-ring (bicyclic) bond motifs is 3. The van der Waals surface area contributed by atoms with Gasteiger partial charge in [0.2, 0.25) is 0 Å². The van der Waals surface area contributed by atoms with Crippen LogP contribution in [0.15, 0.2) is 30.6 Å². The zero-order valence-corrected chi connectivity index (χ0v) is 18.3. The normalized spacial score (nSPS) is 27.6. The molecule has 1 aromatic carbocycles. The molecular weight excluding hydrogens is 431 g/mol. The first-order valence-electron chi connectivity index (χ1n) is 11.5. The Morgan fingerprint density at radius 1 is 1.12 bits per heavy atom. The summed E-state index contributed by atoms with van der Waals surface area (Å²) in [5.74, 6) is 1.56. The molecule has 9 heteroatoms. The molecule has 2 N–H and O–H groups in total. The lowest BCUT2D eigenvalue weighted by Gasteiger charge is -2.40. The number of hydrogen-bond acceptors (Lipinski definition) is 5. The van der Waals surface area contributed by atoms with E-state index in [1.807, 2.05) is 0 Å². The number of benzene rings is 1. The van der Waals surface area contributed by atoms with Crippen molar-refractivity contribution in [2.24, 2.45) is 11.8 Å². The fourth-order valence-corrected chi connectivity index (χ4v) is 5.85. The minimum Gasteiger partial charge on any atom is -0.381 e. The summed E-state index contributed by atoms with van der Waals surface area (Å²) < 4.78 is 45.6. The van der Waals surface area contributed by atoms with Gasteiger partial charge >= 0.3 is 6.18 Å². The zero-order chi connectivity index (χ0) is 22.7. The van der Waals surface area contributed by atoms with Crippen molar-refractivity contribution < 1.29 is 17.9 Å². The second-order valence-electron chi connectivity index (χ2n) is 9.61. The van der Waals surface area contributed by atoms with E-state index in [0.717, 1.165) is 45.2 Å². The summed E-state index contributed by atoms with van der Waals surface area (Å²) >= 11 is 0. The van der Waals surface area contributed by atoms with Gasteiger partial charge in [-0.3, -0.25) is 4.90 Å². The highest BCUT2D eigenvalue weighted by atomic mass is 19.4. The average Bonchev–Trinajstić information content (AvgIpc) is 3.48. The number of aryl methyl sites for hydroxylation is 2. The van der Waals surface area contributed by atoms with Crippen molar-refractivity contribution in [3.05, 3.63) is 53.0 Å². The second kappa shape index (κ2) is 7.70. The summed E-state index contributed by atoms with van der Waals surface area (Å²) in [4.78, 5) is 13.3. The molecule has 2 aromatic heterocycles. The lowest BCUT2D eigenvalue weighted by Crippen LogP contribution is -2.44. The van der Waals surface area contributed by atoms with Crippen LogP contribution in [0.5, 0.6) is 0 Å². The van der Waals surface area contributed by atoms with Crippen molar-refractivity contribution in [3.8, 4) is 0 Å². The minimum atomic E-state index is -4.47. The number of ether oxygens (including phenoxy) is 1. The number of anilines is 1. The van der Waals surface area contributed by atoms with Gasteiger partial charge in [-0.2, -0.15) is 13.2 Å². The maximum absolute atomic E-state index is 13.3. The molecule has 174 valence electrons. The maximum Gasteiger partial charge on any atom is 0.431 e. The molecule has 0 unspecified atom stereocenters. The molecule has 4 atom stereocenters. The molecule has 0 radical (unpaired) electrons. The van der Waals surface area contributed by atoms with Crippen LogP contribution in [-0.4, -0.2) is 52.2 Å². The van der Waals surface area contributed by atoms with Gasteiger partial charge in [-0.1, -0.05) is 23.8 Å². The zero-order valence-electron chi connectivity index (χ0n) is 18.3. The van der Waals surface area contributed by atoms with E-state index >= 15 is 0 Å². The van der Waals surface area contributed by atoms with Crippen LogP contribution in [0.2, 0.25) is 0 Å². The molecule has 2 saturated heterocycles. The number of hydrogen-bond donors (Lipinski definition) is 2. The molecule has 4 heterocycles. The number of aromatic amines is 1. The molecule has 2 fully saturated rings. The largest absolute Gasteiger partial charge is 0.431 e. The highest BCUT2D eigenvalue weighted by molar-refractivity contribution is 5.88. The van der Waals surface area contributed by atoms with Crippen LogP contribution in [-0.2, 0) is 17.3 Å². The number of halogens is 3. The van der Waals surface area contributed by atoms with Crippen LogP contribution in [0.4, 0.5) is 19.0 Å². The first kappa shape index (κ1) is 20.9. The van der Waals surface area contributed by atoms with E-state index in [-0.39, 0.29) is 17.7 Å². The molecule has 2 aliphatic heterocycles. The SMILES string of the molecule is Cc1ccc2c(c1)CC[C@@H](N1C[C@H]3COC[C@H]3C1)[C@@H]2Nc1ncnc2[nH]c(C(F)(F)F)cc12. The highest BCUT2D eigenvalue weighted by Gasteiger charge is 2.43. The molecule has 33 heavy (non-hydrogen) atoms. The number of nitrogens with zero attached hydrogens (tertiary/aromatic N) is 3. The fourth-order valence-electron chi connectivity index (χ4n) is 5.85. The Balaban J connectivity index is 1.38. The second-order valence-corrected chi connectivity index (χ2v) is 9.61. The Morgan fingerprint density at radius 3 is 2.67 bits per heavy atom.